The van der Waals surface area contributed by atoms with Crippen molar-refractivity contribution < 1.29 is 4.79 Å². The molecule has 7 heteroatoms. The number of thiazole rings is 1. The number of hydrogen-bond donors (Lipinski definition) is 2. The van der Waals surface area contributed by atoms with Gasteiger partial charge in [-0.15, -0.1) is 11.3 Å². The summed E-state index contributed by atoms with van der Waals surface area (Å²) in [5, 5.41) is 3.02. The average Bonchev–Trinajstić information content (AvgIpc) is 3.30. The first kappa shape index (κ1) is 16.5. The average molecular weight is 365 g/mol. The minimum Gasteiger partial charge on any atom is -0.371 e. The van der Waals surface area contributed by atoms with E-state index in [0.29, 0.717) is 5.56 Å². The fourth-order valence-electron chi connectivity index (χ4n) is 3.11. The number of carbonyl (C=O) groups is 1. The van der Waals surface area contributed by atoms with Gasteiger partial charge in [0, 0.05) is 18.8 Å². The molecule has 0 saturated heterocycles. The van der Waals surface area contributed by atoms with Crippen molar-refractivity contribution in [3.05, 3.63) is 47.7 Å². The molecule has 0 spiro atoms. The molecule has 2 heterocycles. The molecular formula is C19H19N5OS. The van der Waals surface area contributed by atoms with Crippen LogP contribution in [0, 0.1) is 0 Å². The van der Waals surface area contributed by atoms with Gasteiger partial charge in [0.2, 0.25) is 0 Å². The lowest BCUT2D eigenvalue weighted by Gasteiger charge is -2.24. The van der Waals surface area contributed by atoms with Crippen LogP contribution >= 0.6 is 11.3 Å². The van der Waals surface area contributed by atoms with Gasteiger partial charge in [-0.3, -0.25) is 4.79 Å². The molecule has 2 N–H and O–H groups in total. The molecule has 0 radical (unpaired) electrons. The number of aromatic amines is 1. The number of hydrogen-bond acceptors (Lipinski definition) is 5. The number of benzene rings is 2. The van der Waals surface area contributed by atoms with Crippen molar-refractivity contribution in [1.82, 2.24) is 15.0 Å². The third-order valence-corrected chi connectivity index (χ3v) is 5.27. The van der Waals surface area contributed by atoms with E-state index in [1.54, 1.807) is 23.2 Å². The van der Waals surface area contributed by atoms with Crippen molar-refractivity contribution in [1.29, 1.82) is 0 Å². The SMILES string of the molecule is CCN(CC)c1cc2nc[nH]c2cc1C(=O)Nc1ccc2ncsc2c1. The number of H-pyrrole nitrogens is 1. The summed E-state index contributed by atoms with van der Waals surface area (Å²) in [5.41, 5.74) is 6.75. The molecular weight excluding hydrogens is 346 g/mol. The summed E-state index contributed by atoms with van der Waals surface area (Å²) >= 11 is 1.56. The van der Waals surface area contributed by atoms with Crippen LogP contribution in [0.5, 0.6) is 0 Å². The Morgan fingerprint density at radius 2 is 2.00 bits per heavy atom. The predicted molar refractivity (Wildman–Crippen MR) is 107 cm³/mol. The van der Waals surface area contributed by atoms with Crippen LogP contribution < -0.4 is 10.2 Å². The van der Waals surface area contributed by atoms with Crippen LogP contribution in [0.1, 0.15) is 24.2 Å². The van der Waals surface area contributed by atoms with Gasteiger partial charge in [-0.1, -0.05) is 0 Å². The monoisotopic (exact) mass is 365 g/mol. The summed E-state index contributed by atoms with van der Waals surface area (Å²) in [6, 6.07) is 9.60. The van der Waals surface area contributed by atoms with Gasteiger partial charge in [0.25, 0.3) is 5.91 Å². The lowest BCUT2D eigenvalue weighted by Crippen LogP contribution is -2.25. The molecule has 2 aromatic heterocycles. The number of carbonyl (C=O) groups excluding carboxylic acids is 1. The molecule has 0 aliphatic carbocycles. The Hall–Kier alpha value is -2.93. The van der Waals surface area contributed by atoms with Crippen LogP contribution in [0.25, 0.3) is 21.3 Å². The Bertz CT molecular complexity index is 1080. The summed E-state index contributed by atoms with van der Waals surface area (Å²) in [5.74, 6) is -0.132. The van der Waals surface area contributed by atoms with E-state index in [9.17, 15) is 4.79 Å². The van der Waals surface area contributed by atoms with E-state index in [-0.39, 0.29) is 5.91 Å². The van der Waals surface area contributed by atoms with Crippen molar-refractivity contribution >= 4 is 49.9 Å². The normalized spacial score (nSPS) is 11.2. The van der Waals surface area contributed by atoms with Gasteiger partial charge in [0.15, 0.2) is 0 Å². The maximum atomic E-state index is 13.0. The highest BCUT2D eigenvalue weighted by atomic mass is 32.1. The zero-order chi connectivity index (χ0) is 18.1. The molecule has 6 nitrogen and oxygen atoms in total. The van der Waals surface area contributed by atoms with Crippen LogP contribution in [-0.4, -0.2) is 33.9 Å². The van der Waals surface area contributed by atoms with Crippen molar-refractivity contribution in [2.45, 2.75) is 13.8 Å². The second-order valence-electron chi connectivity index (χ2n) is 5.95. The van der Waals surface area contributed by atoms with Crippen molar-refractivity contribution in [3.63, 3.8) is 0 Å². The maximum absolute atomic E-state index is 13.0. The molecule has 0 bridgehead atoms. The number of aromatic nitrogens is 3. The van der Waals surface area contributed by atoms with Gasteiger partial charge in [0.1, 0.15) is 0 Å². The molecule has 132 valence electrons. The minimum atomic E-state index is -0.132. The summed E-state index contributed by atoms with van der Waals surface area (Å²) in [7, 11) is 0. The molecule has 1 amide bonds. The largest absolute Gasteiger partial charge is 0.371 e. The Balaban J connectivity index is 1.73. The summed E-state index contributed by atoms with van der Waals surface area (Å²) in [4.78, 5) is 26.9. The smallest absolute Gasteiger partial charge is 0.257 e. The van der Waals surface area contributed by atoms with E-state index in [0.717, 1.165) is 45.7 Å². The van der Waals surface area contributed by atoms with E-state index >= 15 is 0 Å². The van der Waals surface area contributed by atoms with Gasteiger partial charge in [-0.05, 0) is 44.2 Å². The standard InChI is InChI=1S/C19H19N5OS/c1-3-24(4-2)17-9-16-15(20-10-21-16)8-13(17)19(25)23-12-5-6-14-18(7-12)26-11-22-14/h5-11H,3-4H2,1-2H3,(H,20,21)(H,23,25). The number of nitrogens with zero attached hydrogens (tertiary/aromatic N) is 3. The first-order chi connectivity index (χ1) is 12.7. The van der Waals surface area contributed by atoms with Crippen molar-refractivity contribution in [2.75, 3.05) is 23.3 Å². The molecule has 2 aromatic carbocycles. The highest BCUT2D eigenvalue weighted by Crippen LogP contribution is 2.28. The van der Waals surface area contributed by atoms with E-state index < -0.39 is 0 Å². The van der Waals surface area contributed by atoms with Crippen molar-refractivity contribution in [3.8, 4) is 0 Å². The third-order valence-electron chi connectivity index (χ3n) is 4.48. The molecule has 0 aliphatic heterocycles. The number of amides is 1. The fraction of sp³-hybridized carbons (Fsp3) is 0.211. The van der Waals surface area contributed by atoms with Crippen molar-refractivity contribution in [2.24, 2.45) is 0 Å². The van der Waals surface area contributed by atoms with E-state index in [1.807, 2.05) is 30.3 Å². The molecule has 0 aliphatic rings. The van der Waals surface area contributed by atoms with Crippen LogP contribution in [-0.2, 0) is 0 Å². The second-order valence-corrected chi connectivity index (χ2v) is 6.84. The topological polar surface area (TPSA) is 73.9 Å². The number of rotatable bonds is 5. The first-order valence-corrected chi connectivity index (χ1v) is 9.44. The minimum absolute atomic E-state index is 0.132. The van der Waals surface area contributed by atoms with Crippen LogP contribution in [0.2, 0.25) is 0 Å². The highest BCUT2D eigenvalue weighted by Gasteiger charge is 2.18. The molecule has 4 rings (SSSR count). The third kappa shape index (κ3) is 2.90. The summed E-state index contributed by atoms with van der Waals surface area (Å²) < 4.78 is 1.05. The predicted octanol–water partition coefficient (Wildman–Crippen LogP) is 4.27. The zero-order valence-corrected chi connectivity index (χ0v) is 15.4. The Morgan fingerprint density at radius 1 is 1.15 bits per heavy atom. The molecule has 0 unspecified atom stereocenters. The Labute approximate surface area is 154 Å². The number of anilines is 2. The molecule has 0 fully saturated rings. The lowest BCUT2D eigenvalue weighted by atomic mass is 10.1. The number of fused-ring (bicyclic) bond motifs is 2. The molecule has 26 heavy (non-hydrogen) atoms. The molecule has 0 atom stereocenters. The van der Waals surface area contributed by atoms with Gasteiger partial charge >= 0.3 is 0 Å². The lowest BCUT2D eigenvalue weighted by molar-refractivity contribution is 0.102. The van der Waals surface area contributed by atoms with E-state index in [1.165, 1.54) is 0 Å². The number of nitrogens with one attached hydrogen (secondary N) is 2. The Kier molecular flexibility index (Phi) is 4.30. The van der Waals surface area contributed by atoms with Gasteiger partial charge < -0.3 is 15.2 Å². The zero-order valence-electron chi connectivity index (χ0n) is 14.6. The van der Waals surface area contributed by atoms with Crippen LogP contribution in [0.3, 0.4) is 0 Å². The summed E-state index contributed by atoms with van der Waals surface area (Å²) in [6.07, 6.45) is 1.65. The van der Waals surface area contributed by atoms with Gasteiger partial charge in [0.05, 0.1) is 44.3 Å². The Morgan fingerprint density at radius 3 is 2.81 bits per heavy atom. The maximum Gasteiger partial charge on any atom is 0.257 e. The quantitative estimate of drug-likeness (QED) is 0.554. The van der Waals surface area contributed by atoms with Gasteiger partial charge in [-0.2, -0.15) is 0 Å². The molecule has 4 aromatic rings. The van der Waals surface area contributed by atoms with E-state index in [4.69, 9.17) is 0 Å². The fourth-order valence-corrected chi connectivity index (χ4v) is 3.83. The second kappa shape index (κ2) is 6.76. The van der Waals surface area contributed by atoms with E-state index in [2.05, 4.69) is 39.0 Å². The van der Waals surface area contributed by atoms with Crippen LogP contribution in [0.15, 0.2) is 42.2 Å². The molecule has 0 saturated carbocycles. The number of imidazole rings is 1. The van der Waals surface area contributed by atoms with Gasteiger partial charge in [-0.25, -0.2) is 9.97 Å². The highest BCUT2D eigenvalue weighted by molar-refractivity contribution is 7.16. The summed E-state index contributed by atoms with van der Waals surface area (Å²) in [6.45, 7) is 5.80. The first-order valence-electron chi connectivity index (χ1n) is 8.56. The van der Waals surface area contributed by atoms with Crippen LogP contribution in [0.4, 0.5) is 11.4 Å².